The minimum Gasteiger partial charge on any atom is -0.489 e. The minimum atomic E-state index is -0.220. The summed E-state index contributed by atoms with van der Waals surface area (Å²) in [6, 6.07) is 5.13. The summed E-state index contributed by atoms with van der Waals surface area (Å²) in [5.74, 6) is 0.538. The lowest BCUT2D eigenvalue weighted by Gasteiger charge is -2.19. The largest absolute Gasteiger partial charge is 0.489 e. The summed E-state index contributed by atoms with van der Waals surface area (Å²) in [6.07, 6.45) is 2.43. The molecule has 0 amide bonds. The lowest BCUT2D eigenvalue weighted by atomic mass is 10.2. The van der Waals surface area contributed by atoms with Gasteiger partial charge in [0, 0.05) is 12.6 Å². The second-order valence-electron chi connectivity index (χ2n) is 4.94. The highest BCUT2D eigenvalue weighted by atomic mass is 19.1. The standard InChI is InChI=1S/C15H24FNO/c1-5-6-12(3)17-10-13(4)18-15-8-7-14(16)9-11(15)2/h7-9,12-13,17H,5-6,10H2,1-4H3. The molecule has 0 heterocycles. The van der Waals surface area contributed by atoms with Gasteiger partial charge >= 0.3 is 0 Å². The summed E-state index contributed by atoms with van der Waals surface area (Å²) >= 11 is 0. The van der Waals surface area contributed by atoms with E-state index in [1.807, 2.05) is 13.8 Å². The molecular formula is C15H24FNO. The van der Waals surface area contributed by atoms with E-state index in [9.17, 15) is 4.39 Å². The number of benzene rings is 1. The fourth-order valence-corrected chi connectivity index (χ4v) is 1.91. The van der Waals surface area contributed by atoms with Crippen LogP contribution in [0, 0.1) is 12.7 Å². The maximum atomic E-state index is 13.0. The summed E-state index contributed by atoms with van der Waals surface area (Å²) in [5, 5.41) is 3.44. The molecular weight excluding hydrogens is 229 g/mol. The highest BCUT2D eigenvalue weighted by Gasteiger charge is 2.08. The van der Waals surface area contributed by atoms with Crippen LogP contribution < -0.4 is 10.1 Å². The van der Waals surface area contributed by atoms with Crippen LogP contribution >= 0.6 is 0 Å². The quantitative estimate of drug-likeness (QED) is 0.800. The molecule has 0 bridgehead atoms. The third-order valence-electron chi connectivity index (χ3n) is 2.94. The van der Waals surface area contributed by atoms with Gasteiger partial charge in [-0.1, -0.05) is 13.3 Å². The van der Waals surface area contributed by atoms with Crippen molar-refractivity contribution in [3.05, 3.63) is 29.6 Å². The fraction of sp³-hybridized carbons (Fsp3) is 0.600. The monoisotopic (exact) mass is 253 g/mol. The van der Waals surface area contributed by atoms with Gasteiger partial charge in [-0.05, 0) is 51.0 Å². The lowest BCUT2D eigenvalue weighted by Crippen LogP contribution is -2.35. The zero-order chi connectivity index (χ0) is 13.5. The number of hydrogen-bond donors (Lipinski definition) is 1. The van der Waals surface area contributed by atoms with Crippen molar-refractivity contribution in [2.45, 2.75) is 52.7 Å². The van der Waals surface area contributed by atoms with Gasteiger partial charge in [-0.2, -0.15) is 0 Å². The van der Waals surface area contributed by atoms with E-state index in [-0.39, 0.29) is 11.9 Å². The van der Waals surface area contributed by atoms with Crippen molar-refractivity contribution in [1.29, 1.82) is 0 Å². The molecule has 0 aliphatic rings. The molecule has 2 nitrogen and oxygen atoms in total. The number of ether oxygens (including phenoxy) is 1. The second kappa shape index (κ2) is 7.37. The normalized spacial score (nSPS) is 14.3. The van der Waals surface area contributed by atoms with E-state index >= 15 is 0 Å². The molecule has 1 N–H and O–H groups in total. The summed E-state index contributed by atoms with van der Waals surface area (Å²) in [5.41, 5.74) is 0.837. The minimum absolute atomic E-state index is 0.0773. The fourth-order valence-electron chi connectivity index (χ4n) is 1.91. The molecule has 18 heavy (non-hydrogen) atoms. The molecule has 2 atom stereocenters. The molecule has 2 unspecified atom stereocenters. The van der Waals surface area contributed by atoms with Gasteiger partial charge in [-0.15, -0.1) is 0 Å². The van der Waals surface area contributed by atoms with Crippen LogP contribution in [0.25, 0.3) is 0 Å². The smallest absolute Gasteiger partial charge is 0.123 e. The molecule has 102 valence electrons. The van der Waals surface area contributed by atoms with Crippen molar-refractivity contribution in [2.75, 3.05) is 6.54 Å². The first-order valence-corrected chi connectivity index (χ1v) is 6.69. The molecule has 0 aliphatic heterocycles. The third-order valence-corrected chi connectivity index (χ3v) is 2.94. The molecule has 0 fully saturated rings. The number of hydrogen-bond acceptors (Lipinski definition) is 2. The van der Waals surface area contributed by atoms with E-state index in [2.05, 4.69) is 19.2 Å². The Bertz CT molecular complexity index is 368. The SMILES string of the molecule is CCCC(C)NCC(C)Oc1ccc(F)cc1C. The van der Waals surface area contributed by atoms with Gasteiger partial charge < -0.3 is 10.1 Å². The maximum Gasteiger partial charge on any atom is 0.123 e. The highest BCUT2D eigenvalue weighted by Crippen LogP contribution is 2.19. The van der Waals surface area contributed by atoms with Crippen LogP contribution in [0.4, 0.5) is 4.39 Å². The second-order valence-corrected chi connectivity index (χ2v) is 4.94. The molecule has 0 spiro atoms. The summed E-state index contributed by atoms with van der Waals surface area (Å²) in [7, 11) is 0. The number of rotatable bonds is 7. The van der Waals surface area contributed by atoms with E-state index in [0.717, 1.165) is 17.9 Å². The first-order chi connectivity index (χ1) is 8.52. The van der Waals surface area contributed by atoms with Gasteiger partial charge in [-0.25, -0.2) is 4.39 Å². The first kappa shape index (κ1) is 15.0. The zero-order valence-corrected chi connectivity index (χ0v) is 11.8. The Labute approximate surface area is 110 Å². The van der Waals surface area contributed by atoms with E-state index in [4.69, 9.17) is 4.74 Å². The molecule has 0 aliphatic carbocycles. The van der Waals surface area contributed by atoms with E-state index in [1.54, 1.807) is 6.07 Å². The summed E-state index contributed by atoms with van der Waals surface area (Å²) in [6.45, 7) is 9.05. The van der Waals surface area contributed by atoms with Crippen molar-refractivity contribution < 1.29 is 9.13 Å². The van der Waals surface area contributed by atoms with Crippen LogP contribution in [0.1, 0.15) is 39.2 Å². The van der Waals surface area contributed by atoms with Crippen LogP contribution in [0.2, 0.25) is 0 Å². The molecule has 1 aromatic rings. The van der Waals surface area contributed by atoms with E-state index < -0.39 is 0 Å². The number of nitrogens with one attached hydrogen (secondary N) is 1. The zero-order valence-electron chi connectivity index (χ0n) is 11.8. The molecule has 0 saturated heterocycles. The van der Waals surface area contributed by atoms with E-state index in [1.165, 1.54) is 25.0 Å². The van der Waals surface area contributed by atoms with Crippen molar-refractivity contribution in [2.24, 2.45) is 0 Å². The van der Waals surface area contributed by atoms with E-state index in [0.29, 0.717) is 6.04 Å². The predicted molar refractivity (Wildman–Crippen MR) is 73.6 cm³/mol. The molecule has 0 aromatic heterocycles. The maximum absolute atomic E-state index is 13.0. The Morgan fingerprint density at radius 2 is 2.06 bits per heavy atom. The van der Waals surface area contributed by atoms with Crippen LogP contribution in [0.5, 0.6) is 5.75 Å². The van der Waals surface area contributed by atoms with Gasteiger partial charge in [0.25, 0.3) is 0 Å². The van der Waals surface area contributed by atoms with Crippen molar-refractivity contribution >= 4 is 0 Å². The Balaban J connectivity index is 2.42. The van der Waals surface area contributed by atoms with Gasteiger partial charge in [-0.3, -0.25) is 0 Å². The number of aryl methyl sites for hydroxylation is 1. The molecule has 0 radical (unpaired) electrons. The van der Waals surface area contributed by atoms with Crippen molar-refractivity contribution in [3.63, 3.8) is 0 Å². The van der Waals surface area contributed by atoms with Crippen LogP contribution in [-0.2, 0) is 0 Å². The molecule has 0 saturated carbocycles. The third kappa shape index (κ3) is 5.05. The summed E-state index contributed by atoms with van der Waals surface area (Å²) < 4.78 is 18.8. The lowest BCUT2D eigenvalue weighted by molar-refractivity contribution is 0.210. The van der Waals surface area contributed by atoms with Gasteiger partial charge in [0.1, 0.15) is 17.7 Å². The van der Waals surface area contributed by atoms with Gasteiger partial charge in [0.2, 0.25) is 0 Å². The van der Waals surface area contributed by atoms with Crippen molar-refractivity contribution in [1.82, 2.24) is 5.32 Å². The molecule has 3 heteroatoms. The molecule has 1 rings (SSSR count). The van der Waals surface area contributed by atoms with Crippen molar-refractivity contribution in [3.8, 4) is 5.75 Å². The Morgan fingerprint density at radius 1 is 1.33 bits per heavy atom. The first-order valence-electron chi connectivity index (χ1n) is 6.69. The molecule has 1 aromatic carbocycles. The topological polar surface area (TPSA) is 21.3 Å². The van der Waals surface area contributed by atoms with Gasteiger partial charge in [0.15, 0.2) is 0 Å². The van der Waals surface area contributed by atoms with Crippen LogP contribution in [0.15, 0.2) is 18.2 Å². The highest BCUT2D eigenvalue weighted by molar-refractivity contribution is 5.32. The average Bonchev–Trinajstić information content (AvgIpc) is 2.31. The predicted octanol–water partition coefficient (Wildman–Crippen LogP) is 3.68. The Morgan fingerprint density at radius 3 is 2.67 bits per heavy atom. The Kier molecular flexibility index (Phi) is 6.13. The van der Waals surface area contributed by atoms with Gasteiger partial charge in [0.05, 0.1) is 0 Å². The van der Waals surface area contributed by atoms with Crippen LogP contribution in [-0.4, -0.2) is 18.7 Å². The Hall–Kier alpha value is -1.09. The number of halogens is 1. The van der Waals surface area contributed by atoms with Crippen LogP contribution in [0.3, 0.4) is 0 Å². The summed E-state index contributed by atoms with van der Waals surface area (Å²) in [4.78, 5) is 0. The average molecular weight is 253 g/mol.